The molecule has 20 heavy (non-hydrogen) atoms. The van der Waals surface area contributed by atoms with Gasteiger partial charge in [0.05, 0.1) is 0 Å². The van der Waals surface area contributed by atoms with Crippen molar-refractivity contribution in [3.05, 3.63) is 58.9 Å². The Morgan fingerprint density at radius 2 is 2.00 bits per heavy atom. The Labute approximate surface area is 123 Å². The lowest BCUT2D eigenvalue weighted by molar-refractivity contribution is 0.302. The van der Waals surface area contributed by atoms with Gasteiger partial charge in [0.15, 0.2) is 0 Å². The highest BCUT2D eigenvalue weighted by Gasteiger charge is 2.20. The fraction of sp³-hybridized carbons (Fsp3) is 0.312. The van der Waals surface area contributed by atoms with Gasteiger partial charge < -0.3 is 10.1 Å². The summed E-state index contributed by atoms with van der Waals surface area (Å²) < 4.78 is 5.90. The molecule has 1 aliphatic rings. The molecule has 0 saturated heterocycles. The molecule has 0 radical (unpaired) electrons. The Morgan fingerprint density at radius 1 is 1.20 bits per heavy atom. The first-order chi connectivity index (χ1) is 9.81. The molecule has 0 amide bonds. The van der Waals surface area contributed by atoms with Crippen LogP contribution in [0.4, 0.5) is 0 Å². The van der Waals surface area contributed by atoms with Crippen molar-refractivity contribution in [2.24, 2.45) is 0 Å². The molecule has 1 N–H and O–H groups in total. The molecule has 104 valence electrons. The third-order valence-corrected chi connectivity index (χ3v) is 3.56. The molecule has 4 heteroatoms. The van der Waals surface area contributed by atoms with E-state index in [4.69, 9.17) is 16.3 Å². The van der Waals surface area contributed by atoms with E-state index >= 15 is 0 Å². The van der Waals surface area contributed by atoms with Gasteiger partial charge in [0.2, 0.25) is 0 Å². The number of benzene rings is 1. The lowest BCUT2D eigenvalue weighted by atomic mass is 10.2. The van der Waals surface area contributed by atoms with Crippen LogP contribution in [0, 0.1) is 0 Å². The number of aromatic nitrogens is 1. The fourth-order valence-electron chi connectivity index (χ4n) is 2.01. The average Bonchev–Trinajstić information content (AvgIpc) is 3.29. The largest absolute Gasteiger partial charge is 0.489 e. The van der Waals surface area contributed by atoms with E-state index in [-0.39, 0.29) is 0 Å². The number of hydrogen-bond acceptors (Lipinski definition) is 3. The van der Waals surface area contributed by atoms with Gasteiger partial charge in [-0.1, -0.05) is 11.6 Å². The fourth-order valence-corrected chi connectivity index (χ4v) is 2.20. The molecule has 2 aromatic rings. The Bertz CT molecular complexity index is 570. The Balaban J connectivity index is 1.67. The average molecular weight is 289 g/mol. The van der Waals surface area contributed by atoms with Gasteiger partial charge in [-0.25, -0.2) is 0 Å². The molecule has 3 nitrogen and oxygen atoms in total. The zero-order valence-corrected chi connectivity index (χ0v) is 11.9. The van der Waals surface area contributed by atoms with Crippen LogP contribution in [-0.2, 0) is 13.2 Å². The number of halogens is 1. The summed E-state index contributed by atoms with van der Waals surface area (Å²) in [5.74, 6) is 0.888. The van der Waals surface area contributed by atoms with Crippen LogP contribution in [0.3, 0.4) is 0 Å². The second-order valence-electron chi connectivity index (χ2n) is 5.05. The van der Waals surface area contributed by atoms with Gasteiger partial charge >= 0.3 is 0 Å². The van der Waals surface area contributed by atoms with Crippen LogP contribution in [-0.4, -0.2) is 11.0 Å². The van der Waals surface area contributed by atoms with Crippen LogP contribution < -0.4 is 10.1 Å². The molecule has 0 aliphatic heterocycles. The molecule has 1 fully saturated rings. The van der Waals surface area contributed by atoms with E-state index in [9.17, 15) is 0 Å². The summed E-state index contributed by atoms with van der Waals surface area (Å²) in [6, 6.07) is 10.4. The summed E-state index contributed by atoms with van der Waals surface area (Å²) in [7, 11) is 0. The number of nitrogens with one attached hydrogen (secondary N) is 1. The lowest BCUT2D eigenvalue weighted by Gasteiger charge is -2.12. The van der Waals surface area contributed by atoms with Crippen molar-refractivity contribution in [2.75, 3.05) is 0 Å². The van der Waals surface area contributed by atoms with E-state index in [1.54, 1.807) is 12.4 Å². The van der Waals surface area contributed by atoms with Gasteiger partial charge in [0, 0.05) is 35.6 Å². The SMILES string of the molecule is Clc1ccc(OCc2ccncc2)c(CNC2CC2)c1. The topological polar surface area (TPSA) is 34.1 Å². The van der Waals surface area contributed by atoms with E-state index in [0.29, 0.717) is 12.6 Å². The minimum absolute atomic E-state index is 0.542. The molecule has 0 spiro atoms. The second kappa shape index (κ2) is 6.25. The summed E-state index contributed by atoms with van der Waals surface area (Å²) in [4.78, 5) is 4.00. The highest BCUT2D eigenvalue weighted by atomic mass is 35.5. The van der Waals surface area contributed by atoms with E-state index in [2.05, 4.69) is 10.3 Å². The smallest absolute Gasteiger partial charge is 0.124 e. The molecule has 1 saturated carbocycles. The quantitative estimate of drug-likeness (QED) is 0.882. The van der Waals surface area contributed by atoms with Gasteiger partial charge in [-0.3, -0.25) is 4.98 Å². The number of nitrogens with zero attached hydrogens (tertiary/aromatic N) is 1. The van der Waals surface area contributed by atoms with Crippen molar-refractivity contribution < 1.29 is 4.74 Å². The van der Waals surface area contributed by atoms with E-state index in [1.807, 2.05) is 30.3 Å². The lowest BCUT2D eigenvalue weighted by Crippen LogP contribution is -2.16. The highest BCUT2D eigenvalue weighted by Crippen LogP contribution is 2.26. The Morgan fingerprint density at radius 3 is 2.75 bits per heavy atom. The molecule has 1 aromatic carbocycles. The first kappa shape index (κ1) is 13.4. The maximum Gasteiger partial charge on any atom is 0.124 e. The number of rotatable bonds is 6. The van der Waals surface area contributed by atoms with Crippen molar-refractivity contribution in [2.45, 2.75) is 32.0 Å². The Hall–Kier alpha value is -1.58. The molecule has 1 heterocycles. The third-order valence-electron chi connectivity index (χ3n) is 3.32. The van der Waals surface area contributed by atoms with Gasteiger partial charge in [0.1, 0.15) is 12.4 Å². The molecule has 1 aromatic heterocycles. The molecule has 3 rings (SSSR count). The first-order valence-electron chi connectivity index (χ1n) is 6.85. The van der Waals surface area contributed by atoms with Crippen LogP contribution in [0.2, 0.25) is 5.02 Å². The highest BCUT2D eigenvalue weighted by molar-refractivity contribution is 6.30. The van der Waals surface area contributed by atoms with Crippen LogP contribution >= 0.6 is 11.6 Å². The molecule has 1 aliphatic carbocycles. The second-order valence-corrected chi connectivity index (χ2v) is 5.49. The van der Waals surface area contributed by atoms with Crippen molar-refractivity contribution in [3.8, 4) is 5.75 Å². The molecule has 0 atom stereocenters. The Kier molecular flexibility index (Phi) is 4.19. The zero-order chi connectivity index (χ0) is 13.8. The van der Waals surface area contributed by atoms with Crippen LogP contribution in [0.5, 0.6) is 5.75 Å². The molecule has 0 unspecified atom stereocenters. The standard InChI is InChI=1S/C16H17ClN2O/c17-14-1-4-16(13(9-14)10-19-15-2-3-15)20-11-12-5-7-18-8-6-12/h1,4-9,15,19H,2-3,10-11H2. The van der Waals surface area contributed by atoms with Gasteiger partial charge in [0.25, 0.3) is 0 Å². The molecule has 0 bridgehead atoms. The predicted molar refractivity (Wildman–Crippen MR) is 79.9 cm³/mol. The predicted octanol–water partition coefficient (Wildman–Crippen LogP) is 3.57. The van der Waals surface area contributed by atoms with Gasteiger partial charge in [-0.15, -0.1) is 0 Å². The summed E-state index contributed by atoms with van der Waals surface area (Å²) in [5.41, 5.74) is 2.22. The summed E-state index contributed by atoms with van der Waals surface area (Å²) >= 11 is 6.07. The van der Waals surface area contributed by atoms with Crippen LogP contribution in [0.25, 0.3) is 0 Å². The maximum atomic E-state index is 6.07. The van der Waals surface area contributed by atoms with Crippen molar-refractivity contribution in [3.63, 3.8) is 0 Å². The van der Waals surface area contributed by atoms with Crippen molar-refractivity contribution in [1.29, 1.82) is 0 Å². The van der Waals surface area contributed by atoms with Crippen LogP contribution in [0.15, 0.2) is 42.7 Å². The minimum atomic E-state index is 0.542. The van der Waals surface area contributed by atoms with Gasteiger partial charge in [-0.05, 0) is 48.7 Å². The first-order valence-corrected chi connectivity index (χ1v) is 7.22. The monoisotopic (exact) mass is 288 g/mol. The molecular formula is C16H17ClN2O. The molecular weight excluding hydrogens is 272 g/mol. The summed E-state index contributed by atoms with van der Waals surface area (Å²) in [6.45, 7) is 1.34. The number of ether oxygens (including phenoxy) is 1. The van der Waals surface area contributed by atoms with Gasteiger partial charge in [-0.2, -0.15) is 0 Å². The zero-order valence-electron chi connectivity index (χ0n) is 11.2. The minimum Gasteiger partial charge on any atom is -0.489 e. The summed E-state index contributed by atoms with van der Waals surface area (Å²) in [5, 5.41) is 4.23. The number of pyridine rings is 1. The number of hydrogen-bond donors (Lipinski definition) is 1. The maximum absolute atomic E-state index is 6.07. The van der Waals surface area contributed by atoms with E-state index in [0.717, 1.165) is 28.4 Å². The van der Waals surface area contributed by atoms with Crippen LogP contribution in [0.1, 0.15) is 24.0 Å². The van der Waals surface area contributed by atoms with Crippen molar-refractivity contribution in [1.82, 2.24) is 10.3 Å². The third kappa shape index (κ3) is 3.71. The van der Waals surface area contributed by atoms with Crippen molar-refractivity contribution >= 4 is 11.6 Å². The van der Waals surface area contributed by atoms with E-state index < -0.39 is 0 Å². The normalized spacial score (nSPS) is 14.2. The summed E-state index contributed by atoms with van der Waals surface area (Å²) in [6.07, 6.45) is 6.09. The van der Waals surface area contributed by atoms with E-state index in [1.165, 1.54) is 12.8 Å².